The number of amides is 2. The number of nitrogens with one attached hydrogen (secondary N) is 2. The zero-order valence-corrected chi connectivity index (χ0v) is 13.4. The van der Waals surface area contributed by atoms with Crippen LogP contribution in [-0.2, 0) is 22.4 Å². The van der Waals surface area contributed by atoms with Gasteiger partial charge in [-0.05, 0) is 44.0 Å². The summed E-state index contributed by atoms with van der Waals surface area (Å²) in [6.45, 7) is 5.34. The number of hydrogen-bond acceptors (Lipinski definition) is 4. The van der Waals surface area contributed by atoms with E-state index in [4.69, 9.17) is 10.5 Å². The predicted molar refractivity (Wildman–Crippen MR) is 84.4 cm³/mol. The molecule has 4 N–H and O–H groups in total. The summed E-state index contributed by atoms with van der Waals surface area (Å²) in [5.41, 5.74) is 6.77. The highest BCUT2D eigenvalue weighted by Gasteiger charge is 2.45. The summed E-state index contributed by atoms with van der Waals surface area (Å²) in [5.74, 6) is -0.242. The third-order valence-corrected chi connectivity index (χ3v) is 3.62. The van der Waals surface area contributed by atoms with E-state index in [1.165, 1.54) is 0 Å². The second kappa shape index (κ2) is 5.51. The van der Waals surface area contributed by atoms with Crippen LogP contribution in [0.25, 0.3) is 0 Å². The van der Waals surface area contributed by atoms with E-state index < -0.39 is 17.2 Å². The molecule has 120 valence electrons. The van der Waals surface area contributed by atoms with E-state index in [1.807, 2.05) is 12.1 Å². The van der Waals surface area contributed by atoms with Crippen LogP contribution >= 0.6 is 0 Å². The Morgan fingerprint density at radius 3 is 2.45 bits per heavy atom. The number of benzene rings is 1. The minimum atomic E-state index is -1.03. The second-order valence-corrected chi connectivity index (χ2v) is 6.67. The smallest absolute Gasteiger partial charge is 0.408 e. The van der Waals surface area contributed by atoms with Gasteiger partial charge < -0.3 is 21.1 Å². The molecule has 0 radical (unpaired) electrons. The van der Waals surface area contributed by atoms with E-state index >= 15 is 0 Å². The maximum atomic E-state index is 12.4. The molecule has 0 aliphatic heterocycles. The lowest BCUT2D eigenvalue weighted by Crippen LogP contribution is -2.59. The molecule has 0 aromatic heterocycles. The average Bonchev–Trinajstić information content (AvgIpc) is 2.73. The average molecular weight is 305 g/mol. The third kappa shape index (κ3) is 3.32. The van der Waals surface area contributed by atoms with Gasteiger partial charge in [-0.3, -0.25) is 4.79 Å². The molecule has 1 aliphatic carbocycles. The Bertz CT molecular complexity index is 607. The molecule has 0 fully saturated rings. The number of alkyl carbamates (subject to hydrolysis) is 1. The number of carbonyl (C=O) groups is 2. The molecule has 22 heavy (non-hydrogen) atoms. The molecule has 0 heterocycles. The van der Waals surface area contributed by atoms with E-state index in [1.54, 1.807) is 33.9 Å². The number of rotatable bonds is 2. The molecule has 1 unspecified atom stereocenters. The SMILES string of the molecule is CNC(=O)C1(NC(=O)OC(C)(C)C)Cc2ccc(N)cc2C1. The van der Waals surface area contributed by atoms with Crippen molar-refractivity contribution in [3.63, 3.8) is 0 Å². The molecule has 6 heteroatoms. The normalized spacial score (nSPS) is 20.2. The largest absolute Gasteiger partial charge is 0.444 e. The quantitative estimate of drug-likeness (QED) is 0.720. The van der Waals surface area contributed by atoms with E-state index in [0.29, 0.717) is 18.5 Å². The highest BCUT2D eigenvalue weighted by Crippen LogP contribution is 2.32. The Kier molecular flexibility index (Phi) is 4.04. The summed E-state index contributed by atoms with van der Waals surface area (Å²) in [4.78, 5) is 24.5. The number of fused-ring (bicyclic) bond motifs is 1. The second-order valence-electron chi connectivity index (χ2n) is 6.67. The van der Waals surface area contributed by atoms with Crippen molar-refractivity contribution in [2.75, 3.05) is 12.8 Å². The number of carbonyl (C=O) groups excluding carboxylic acids is 2. The van der Waals surface area contributed by atoms with Gasteiger partial charge in [-0.1, -0.05) is 6.07 Å². The van der Waals surface area contributed by atoms with Crippen molar-refractivity contribution in [1.29, 1.82) is 0 Å². The Hall–Kier alpha value is -2.24. The Labute approximate surface area is 130 Å². The predicted octanol–water partition coefficient (Wildman–Crippen LogP) is 1.38. The standard InChI is InChI=1S/C16H23N3O3/c1-15(2,3)22-14(21)19-16(13(20)18-4)8-10-5-6-12(17)7-11(10)9-16/h5-7H,8-9,17H2,1-4H3,(H,18,20)(H,19,21). The summed E-state index contributed by atoms with van der Waals surface area (Å²) in [6, 6.07) is 5.54. The fourth-order valence-electron chi connectivity index (χ4n) is 2.74. The number of ether oxygens (including phenoxy) is 1. The van der Waals surface area contributed by atoms with Gasteiger partial charge in [0, 0.05) is 25.6 Å². The summed E-state index contributed by atoms with van der Waals surface area (Å²) in [5, 5.41) is 5.38. The van der Waals surface area contributed by atoms with Crippen molar-refractivity contribution < 1.29 is 14.3 Å². The molecule has 2 rings (SSSR count). The third-order valence-electron chi connectivity index (χ3n) is 3.62. The zero-order chi connectivity index (χ0) is 16.5. The van der Waals surface area contributed by atoms with E-state index in [0.717, 1.165) is 11.1 Å². The van der Waals surface area contributed by atoms with Crippen LogP contribution in [0.15, 0.2) is 18.2 Å². The van der Waals surface area contributed by atoms with Crippen LogP contribution in [0.1, 0.15) is 31.9 Å². The maximum absolute atomic E-state index is 12.4. The van der Waals surface area contributed by atoms with Crippen molar-refractivity contribution >= 4 is 17.7 Å². The maximum Gasteiger partial charge on any atom is 0.408 e. The molecule has 2 amide bonds. The van der Waals surface area contributed by atoms with Crippen molar-refractivity contribution in [3.8, 4) is 0 Å². The van der Waals surface area contributed by atoms with Gasteiger partial charge in [0.2, 0.25) is 5.91 Å². The molecule has 6 nitrogen and oxygen atoms in total. The van der Waals surface area contributed by atoms with Crippen LogP contribution in [0.4, 0.5) is 10.5 Å². The van der Waals surface area contributed by atoms with Crippen molar-refractivity contribution in [3.05, 3.63) is 29.3 Å². The van der Waals surface area contributed by atoms with Crippen molar-refractivity contribution in [1.82, 2.24) is 10.6 Å². The molecule has 0 spiro atoms. The first-order valence-corrected chi connectivity index (χ1v) is 7.26. The van der Waals surface area contributed by atoms with Gasteiger partial charge in [0.25, 0.3) is 0 Å². The molecule has 0 saturated heterocycles. The number of anilines is 1. The summed E-state index contributed by atoms with van der Waals surface area (Å²) < 4.78 is 5.29. The molecular weight excluding hydrogens is 282 g/mol. The van der Waals surface area contributed by atoms with Crippen molar-refractivity contribution in [2.24, 2.45) is 0 Å². The molecule has 0 saturated carbocycles. The van der Waals surface area contributed by atoms with Crippen LogP contribution in [-0.4, -0.2) is 30.2 Å². The summed E-state index contributed by atoms with van der Waals surface area (Å²) in [6.07, 6.45) is 0.213. The summed E-state index contributed by atoms with van der Waals surface area (Å²) >= 11 is 0. The lowest BCUT2D eigenvalue weighted by molar-refractivity contribution is -0.126. The lowest BCUT2D eigenvalue weighted by Gasteiger charge is -2.30. The van der Waals surface area contributed by atoms with Gasteiger partial charge in [0.1, 0.15) is 11.1 Å². The molecule has 1 aliphatic rings. The molecular formula is C16H23N3O3. The number of hydrogen-bond donors (Lipinski definition) is 3. The number of nitrogen functional groups attached to an aromatic ring is 1. The minimum absolute atomic E-state index is 0.242. The lowest BCUT2D eigenvalue weighted by atomic mass is 9.94. The molecule has 1 aromatic carbocycles. The van der Waals surface area contributed by atoms with Gasteiger partial charge in [-0.15, -0.1) is 0 Å². The topological polar surface area (TPSA) is 93.5 Å². The monoisotopic (exact) mass is 305 g/mol. The van der Waals surface area contributed by atoms with E-state index in [9.17, 15) is 9.59 Å². The molecule has 1 aromatic rings. The Morgan fingerprint density at radius 1 is 1.23 bits per heavy atom. The minimum Gasteiger partial charge on any atom is -0.444 e. The fraction of sp³-hybridized carbons (Fsp3) is 0.500. The van der Waals surface area contributed by atoms with Gasteiger partial charge in [-0.25, -0.2) is 4.79 Å². The first-order valence-electron chi connectivity index (χ1n) is 7.26. The summed E-state index contributed by atoms with van der Waals surface area (Å²) in [7, 11) is 1.55. The molecule has 0 bridgehead atoms. The van der Waals surface area contributed by atoms with Gasteiger partial charge >= 0.3 is 6.09 Å². The van der Waals surface area contributed by atoms with Crippen molar-refractivity contribution in [2.45, 2.75) is 44.8 Å². The molecule has 1 atom stereocenters. The van der Waals surface area contributed by atoms with Gasteiger partial charge in [0.05, 0.1) is 0 Å². The van der Waals surface area contributed by atoms with Gasteiger partial charge in [0.15, 0.2) is 0 Å². The highest BCUT2D eigenvalue weighted by molar-refractivity contribution is 5.91. The number of likely N-dealkylation sites (N-methyl/N-ethyl adjacent to an activating group) is 1. The zero-order valence-electron chi connectivity index (χ0n) is 13.4. The van der Waals surface area contributed by atoms with Crippen LogP contribution in [0.2, 0.25) is 0 Å². The van der Waals surface area contributed by atoms with Crippen LogP contribution in [0.3, 0.4) is 0 Å². The van der Waals surface area contributed by atoms with Crippen LogP contribution < -0.4 is 16.4 Å². The number of nitrogens with two attached hydrogens (primary N) is 1. The first kappa shape index (κ1) is 16.1. The van der Waals surface area contributed by atoms with E-state index in [2.05, 4.69) is 10.6 Å². The van der Waals surface area contributed by atoms with Crippen LogP contribution in [0.5, 0.6) is 0 Å². The highest BCUT2D eigenvalue weighted by atomic mass is 16.6. The Morgan fingerprint density at radius 2 is 1.86 bits per heavy atom. The van der Waals surface area contributed by atoms with Gasteiger partial charge in [-0.2, -0.15) is 0 Å². The van der Waals surface area contributed by atoms with E-state index in [-0.39, 0.29) is 5.91 Å². The van der Waals surface area contributed by atoms with Crippen LogP contribution in [0, 0.1) is 0 Å². The fourth-order valence-corrected chi connectivity index (χ4v) is 2.74. The Balaban J connectivity index is 2.25. The first-order chi connectivity index (χ1) is 10.1.